The number of hydrogen-bond donors (Lipinski definition) is 1. The van der Waals surface area contributed by atoms with E-state index < -0.39 is 0 Å². The molecule has 0 radical (unpaired) electrons. The Morgan fingerprint density at radius 3 is 2.41 bits per heavy atom. The number of hydrogen-bond acceptors (Lipinski definition) is 3. The van der Waals surface area contributed by atoms with Crippen molar-refractivity contribution in [1.82, 2.24) is 0 Å². The van der Waals surface area contributed by atoms with Gasteiger partial charge >= 0.3 is 5.91 Å². The minimum atomic E-state index is -0.305. The molecule has 0 aliphatic heterocycles. The van der Waals surface area contributed by atoms with Crippen LogP contribution in [0.25, 0.3) is 10.4 Å². The normalized spacial score (nSPS) is 10.0. The maximum atomic E-state index is 12.0. The van der Waals surface area contributed by atoms with E-state index in [1.54, 1.807) is 11.3 Å². The van der Waals surface area contributed by atoms with E-state index in [4.69, 9.17) is 0 Å². The standard InChI is InChI=1S/C23H22N2OS/c1-3-25(4-2)21-13-11-19(12-14-21)22-16-20(17-27-22)24-23(26)15-10-18-8-6-5-7-9-18/h5-9,11-14,16-17H,3-4H2,1-2H3,(H,24,26). The van der Waals surface area contributed by atoms with Gasteiger partial charge in [-0.3, -0.25) is 4.79 Å². The van der Waals surface area contributed by atoms with Gasteiger partial charge in [-0.05, 0) is 49.7 Å². The zero-order valence-electron chi connectivity index (χ0n) is 15.5. The molecule has 4 heteroatoms. The van der Waals surface area contributed by atoms with Crippen molar-refractivity contribution in [2.45, 2.75) is 13.8 Å². The van der Waals surface area contributed by atoms with E-state index in [9.17, 15) is 4.79 Å². The molecule has 0 aliphatic rings. The Balaban J connectivity index is 1.66. The Labute approximate surface area is 164 Å². The molecule has 2 aromatic carbocycles. The van der Waals surface area contributed by atoms with Crippen molar-refractivity contribution >= 4 is 28.6 Å². The first kappa shape index (κ1) is 18.8. The summed E-state index contributed by atoms with van der Waals surface area (Å²) in [5.41, 5.74) is 3.97. The van der Waals surface area contributed by atoms with Crippen LogP contribution in [-0.4, -0.2) is 19.0 Å². The highest BCUT2D eigenvalue weighted by Crippen LogP contribution is 2.31. The number of rotatable bonds is 5. The van der Waals surface area contributed by atoms with E-state index in [0.717, 1.165) is 34.8 Å². The monoisotopic (exact) mass is 374 g/mol. The molecule has 0 bridgehead atoms. The van der Waals surface area contributed by atoms with Crippen LogP contribution in [-0.2, 0) is 4.79 Å². The van der Waals surface area contributed by atoms with Gasteiger partial charge in [-0.2, -0.15) is 0 Å². The van der Waals surface area contributed by atoms with E-state index in [-0.39, 0.29) is 5.91 Å². The van der Waals surface area contributed by atoms with Crippen LogP contribution in [0.2, 0.25) is 0 Å². The number of amides is 1. The molecule has 0 atom stereocenters. The Morgan fingerprint density at radius 1 is 1.04 bits per heavy atom. The average Bonchev–Trinajstić information content (AvgIpc) is 3.17. The van der Waals surface area contributed by atoms with Crippen molar-refractivity contribution < 1.29 is 4.79 Å². The number of carbonyl (C=O) groups excluding carboxylic acids is 1. The van der Waals surface area contributed by atoms with Crippen LogP contribution in [0.15, 0.2) is 66.0 Å². The number of benzene rings is 2. The van der Waals surface area contributed by atoms with Crippen molar-refractivity contribution in [2.75, 3.05) is 23.3 Å². The van der Waals surface area contributed by atoms with Crippen LogP contribution in [0.4, 0.5) is 11.4 Å². The molecule has 3 nitrogen and oxygen atoms in total. The van der Waals surface area contributed by atoms with Gasteiger partial charge in [0.15, 0.2) is 0 Å². The van der Waals surface area contributed by atoms with Crippen LogP contribution in [0.1, 0.15) is 19.4 Å². The molecule has 0 aliphatic carbocycles. The van der Waals surface area contributed by atoms with Crippen molar-refractivity contribution in [3.63, 3.8) is 0 Å². The fourth-order valence-corrected chi connectivity index (χ4v) is 3.64. The van der Waals surface area contributed by atoms with E-state index in [1.807, 2.05) is 41.8 Å². The highest BCUT2D eigenvalue weighted by molar-refractivity contribution is 7.14. The minimum Gasteiger partial charge on any atom is -0.372 e. The number of carbonyl (C=O) groups is 1. The summed E-state index contributed by atoms with van der Waals surface area (Å²) in [7, 11) is 0. The summed E-state index contributed by atoms with van der Waals surface area (Å²) in [6, 6.07) is 20.0. The van der Waals surface area contributed by atoms with Gasteiger partial charge in [-0.25, -0.2) is 0 Å². The van der Waals surface area contributed by atoms with Gasteiger partial charge < -0.3 is 10.2 Å². The second-order valence-electron chi connectivity index (χ2n) is 5.99. The number of thiophene rings is 1. The average molecular weight is 375 g/mol. The Kier molecular flexibility index (Phi) is 6.30. The molecule has 1 amide bonds. The molecule has 1 heterocycles. The summed E-state index contributed by atoms with van der Waals surface area (Å²) in [6.45, 7) is 6.31. The highest BCUT2D eigenvalue weighted by atomic mass is 32.1. The second-order valence-corrected chi connectivity index (χ2v) is 6.90. The zero-order valence-corrected chi connectivity index (χ0v) is 16.3. The van der Waals surface area contributed by atoms with Crippen molar-refractivity contribution in [3.05, 3.63) is 71.6 Å². The maximum absolute atomic E-state index is 12.0. The topological polar surface area (TPSA) is 32.3 Å². The molecular weight excluding hydrogens is 352 g/mol. The van der Waals surface area contributed by atoms with Gasteiger partial charge in [-0.1, -0.05) is 36.3 Å². The van der Waals surface area contributed by atoms with E-state index >= 15 is 0 Å². The first-order chi connectivity index (χ1) is 13.2. The predicted octanol–water partition coefficient (Wildman–Crippen LogP) is 5.25. The summed E-state index contributed by atoms with van der Waals surface area (Å²) in [6.07, 6.45) is 0. The van der Waals surface area contributed by atoms with E-state index in [1.165, 1.54) is 5.69 Å². The molecule has 1 aromatic heterocycles. The summed E-state index contributed by atoms with van der Waals surface area (Å²) < 4.78 is 0. The zero-order chi connectivity index (χ0) is 19.1. The third-order valence-electron chi connectivity index (χ3n) is 4.23. The van der Waals surface area contributed by atoms with Crippen molar-refractivity contribution in [2.24, 2.45) is 0 Å². The minimum absolute atomic E-state index is 0.305. The summed E-state index contributed by atoms with van der Waals surface area (Å²) in [5.74, 6) is 5.19. The molecule has 27 heavy (non-hydrogen) atoms. The fraction of sp³-hybridized carbons (Fsp3) is 0.174. The molecule has 0 fully saturated rings. The molecule has 3 aromatic rings. The van der Waals surface area contributed by atoms with Gasteiger partial charge in [0.1, 0.15) is 0 Å². The van der Waals surface area contributed by atoms with Crippen LogP contribution in [0, 0.1) is 11.8 Å². The van der Waals surface area contributed by atoms with Crippen LogP contribution in [0.5, 0.6) is 0 Å². The van der Waals surface area contributed by atoms with Gasteiger partial charge in [0, 0.05) is 40.5 Å². The molecule has 0 unspecified atom stereocenters. The van der Waals surface area contributed by atoms with Crippen LogP contribution >= 0.6 is 11.3 Å². The van der Waals surface area contributed by atoms with Gasteiger partial charge in [0.2, 0.25) is 0 Å². The van der Waals surface area contributed by atoms with Crippen LogP contribution in [0.3, 0.4) is 0 Å². The molecule has 136 valence electrons. The van der Waals surface area contributed by atoms with Gasteiger partial charge in [0.05, 0.1) is 5.69 Å². The molecule has 1 N–H and O–H groups in total. The highest BCUT2D eigenvalue weighted by Gasteiger charge is 2.06. The number of anilines is 2. The molecular formula is C23H22N2OS. The van der Waals surface area contributed by atoms with Gasteiger partial charge in [-0.15, -0.1) is 11.3 Å². The maximum Gasteiger partial charge on any atom is 0.300 e. The quantitative estimate of drug-likeness (QED) is 0.619. The molecule has 0 saturated carbocycles. The fourth-order valence-electron chi connectivity index (χ4n) is 2.79. The van der Waals surface area contributed by atoms with E-state index in [2.05, 4.69) is 60.2 Å². The van der Waals surface area contributed by atoms with Crippen molar-refractivity contribution in [3.8, 4) is 22.3 Å². The first-order valence-electron chi connectivity index (χ1n) is 9.01. The first-order valence-corrected chi connectivity index (χ1v) is 9.89. The SMILES string of the molecule is CCN(CC)c1ccc(-c2cc(NC(=O)C#Cc3ccccc3)cs2)cc1. The largest absolute Gasteiger partial charge is 0.372 e. The third kappa shape index (κ3) is 4.99. The Hall–Kier alpha value is -3.03. The second kappa shape index (κ2) is 9.07. The lowest BCUT2D eigenvalue weighted by Crippen LogP contribution is -2.21. The summed E-state index contributed by atoms with van der Waals surface area (Å²) in [4.78, 5) is 15.5. The predicted molar refractivity (Wildman–Crippen MR) is 115 cm³/mol. The Morgan fingerprint density at radius 2 is 1.74 bits per heavy atom. The van der Waals surface area contributed by atoms with E-state index in [0.29, 0.717) is 0 Å². The van der Waals surface area contributed by atoms with Gasteiger partial charge in [0.25, 0.3) is 0 Å². The Bertz CT molecular complexity index is 945. The molecule has 3 rings (SSSR count). The lowest BCUT2D eigenvalue weighted by atomic mass is 10.1. The van der Waals surface area contributed by atoms with Crippen LogP contribution < -0.4 is 10.2 Å². The number of nitrogens with zero attached hydrogens (tertiary/aromatic N) is 1. The third-order valence-corrected chi connectivity index (χ3v) is 5.21. The summed E-state index contributed by atoms with van der Waals surface area (Å²) in [5, 5.41) is 4.78. The lowest BCUT2D eigenvalue weighted by molar-refractivity contribution is -0.111. The summed E-state index contributed by atoms with van der Waals surface area (Å²) >= 11 is 1.61. The number of nitrogens with one attached hydrogen (secondary N) is 1. The van der Waals surface area contributed by atoms with Crippen molar-refractivity contribution in [1.29, 1.82) is 0 Å². The molecule has 0 saturated heterocycles. The lowest BCUT2D eigenvalue weighted by Gasteiger charge is -2.21. The molecule has 0 spiro atoms. The smallest absolute Gasteiger partial charge is 0.300 e.